The summed E-state index contributed by atoms with van der Waals surface area (Å²) in [7, 11) is 1.60. The lowest BCUT2D eigenvalue weighted by atomic mass is 10.2. The fraction of sp³-hybridized carbons (Fsp3) is 0.158. The van der Waals surface area contributed by atoms with Crippen LogP contribution in [0.4, 0.5) is 5.69 Å². The summed E-state index contributed by atoms with van der Waals surface area (Å²) in [6.07, 6.45) is 0.255. The van der Waals surface area contributed by atoms with Crippen LogP contribution in [0.3, 0.4) is 0 Å². The minimum atomic E-state index is -0.180. The molecular formula is C19H16N4O3S. The quantitative estimate of drug-likeness (QED) is 0.623. The molecule has 27 heavy (non-hydrogen) atoms. The number of hydrogen-bond acceptors (Lipinski definition) is 7. The van der Waals surface area contributed by atoms with Gasteiger partial charge in [-0.2, -0.15) is 5.26 Å². The van der Waals surface area contributed by atoms with Gasteiger partial charge in [0.1, 0.15) is 11.8 Å². The molecule has 1 N–H and O–H groups in total. The lowest BCUT2D eigenvalue weighted by Crippen LogP contribution is -2.13. The van der Waals surface area contributed by atoms with E-state index in [1.165, 1.54) is 11.8 Å². The van der Waals surface area contributed by atoms with Gasteiger partial charge in [0.25, 0.3) is 5.22 Å². The van der Waals surface area contributed by atoms with E-state index in [-0.39, 0.29) is 12.3 Å². The topological polar surface area (TPSA) is 101 Å². The number of carbonyl (C=O) groups is 1. The van der Waals surface area contributed by atoms with Crippen molar-refractivity contribution in [2.24, 2.45) is 0 Å². The number of aromatic nitrogens is 2. The van der Waals surface area contributed by atoms with Crippen LogP contribution in [0.2, 0.25) is 0 Å². The van der Waals surface area contributed by atoms with Crippen LogP contribution in [-0.2, 0) is 4.79 Å². The number of ether oxygens (including phenoxy) is 1. The van der Waals surface area contributed by atoms with Gasteiger partial charge in [-0.05, 0) is 36.4 Å². The largest absolute Gasteiger partial charge is 0.497 e. The molecule has 136 valence electrons. The monoisotopic (exact) mass is 380 g/mol. The van der Waals surface area contributed by atoms with Crippen molar-refractivity contribution in [3.63, 3.8) is 0 Å². The first-order valence-electron chi connectivity index (χ1n) is 8.09. The lowest BCUT2D eigenvalue weighted by molar-refractivity contribution is -0.115. The first kappa shape index (κ1) is 18.5. The highest BCUT2D eigenvalue weighted by molar-refractivity contribution is 7.99. The van der Waals surface area contributed by atoms with Crippen LogP contribution in [0.15, 0.2) is 58.2 Å². The number of nitrogens with zero attached hydrogens (tertiary/aromatic N) is 3. The second-order valence-corrected chi connectivity index (χ2v) is 6.45. The van der Waals surface area contributed by atoms with Crippen LogP contribution >= 0.6 is 11.8 Å². The zero-order valence-corrected chi connectivity index (χ0v) is 15.3. The average Bonchev–Trinajstić information content (AvgIpc) is 3.17. The molecule has 3 aromatic rings. The molecular weight excluding hydrogens is 364 g/mol. The third-order valence-electron chi connectivity index (χ3n) is 3.62. The first-order chi connectivity index (χ1) is 13.2. The van der Waals surface area contributed by atoms with Gasteiger partial charge in [-0.25, -0.2) is 0 Å². The summed E-state index contributed by atoms with van der Waals surface area (Å²) in [5, 5.41) is 20.2. The molecule has 0 atom stereocenters. The standard InChI is InChI=1S/C19H16N4O3S/c1-25-15-8-6-13(7-9-15)18-22-23-19(26-18)27-11-10-17(24)21-16-5-3-2-4-14(16)12-20/h2-9H,10-11H2,1H3,(H,21,24). The van der Waals surface area contributed by atoms with E-state index < -0.39 is 0 Å². The van der Waals surface area contributed by atoms with E-state index in [1.807, 2.05) is 30.3 Å². The fourth-order valence-corrected chi connectivity index (χ4v) is 2.95. The zero-order chi connectivity index (χ0) is 19.1. The van der Waals surface area contributed by atoms with Gasteiger partial charge < -0.3 is 14.5 Å². The highest BCUT2D eigenvalue weighted by Crippen LogP contribution is 2.25. The van der Waals surface area contributed by atoms with Crippen molar-refractivity contribution in [2.75, 3.05) is 18.2 Å². The van der Waals surface area contributed by atoms with Crippen molar-refractivity contribution < 1.29 is 13.9 Å². The number of para-hydroxylation sites is 1. The van der Waals surface area contributed by atoms with Gasteiger partial charge >= 0.3 is 0 Å². The number of amides is 1. The Bertz CT molecular complexity index is 964. The van der Waals surface area contributed by atoms with Crippen LogP contribution in [0.1, 0.15) is 12.0 Å². The maximum Gasteiger partial charge on any atom is 0.276 e. The Morgan fingerprint density at radius 3 is 2.74 bits per heavy atom. The number of rotatable bonds is 7. The summed E-state index contributed by atoms with van der Waals surface area (Å²) in [6, 6.07) is 16.2. The molecule has 3 rings (SSSR count). The van der Waals surface area contributed by atoms with E-state index in [1.54, 1.807) is 31.4 Å². The Morgan fingerprint density at radius 1 is 1.22 bits per heavy atom. The molecule has 7 nitrogen and oxygen atoms in total. The molecule has 0 aliphatic heterocycles. The molecule has 1 amide bonds. The maximum atomic E-state index is 12.0. The van der Waals surface area contributed by atoms with E-state index in [0.29, 0.717) is 28.1 Å². The van der Waals surface area contributed by atoms with Crippen molar-refractivity contribution in [2.45, 2.75) is 11.6 Å². The molecule has 0 saturated heterocycles. The third kappa shape index (κ3) is 4.86. The Kier molecular flexibility index (Phi) is 6.07. The SMILES string of the molecule is COc1ccc(-c2nnc(SCCC(=O)Nc3ccccc3C#N)o2)cc1. The molecule has 0 saturated carbocycles. The molecule has 2 aromatic carbocycles. The molecule has 0 radical (unpaired) electrons. The van der Waals surface area contributed by atoms with Crippen LogP contribution in [0.5, 0.6) is 5.75 Å². The predicted molar refractivity (Wildman–Crippen MR) is 101 cm³/mol. The number of benzene rings is 2. The smallest absolute Gasteiger partial charge is 0.276 e. The summed E-state index contributed by atoms with van der Waals surface area (Å²) in [5.41, 5.74) is 1.73. The van der Waals surface area contributed by atoms with Gasteiger partial charge in [0.05, 0.1) is 18.4 Å². The van der Waals surface area contributed by atoms with Crippen molar-refractivity contribution in [3.05, 3.63) is 54.1 Å². The Balaban J connectivity index is 1.51. The lowest BCUT2D eigenvalue weighted by Gasteiger charge is -2.05. The fourth-order valence-electron chi connectivity index (χ4n) is 2.25. The van der Waals surface area contributed by atoms with Gasteiger partial charge in [0, 0.05) is 17.7 Å². The van der Waals surface area contributed by atoms with E-state index in [9.17, 15) is 4.79 Å². The predicted octanol–water partition coefficient (Wildman–Crippen LogP) is 3.74. The van der Waals surface area contributed by atoms with E-state index in [0.717, 1.165) is 11.3 Å². The number of methoxy groups -OCH3 is 1. The van der Waals surface area contributed by atoms with Crippen LogP contribution in [0, 0.1) is 11.3 Å². The summed E-state index contributed by atoms with van der Waals surface area (Å²) >= 11 is 1.30. The van der Waals surface area contributed by atoms with Gasteiger partial charge in [-0.3, -0.25) is 4.79 Å². The number of nitriles is 1. The first-order valence-corrected chi connectivity index (χ1v) is 9.08. The second-order valence-electron chi connectivity index (χ2n) is 5.41. The van der Waals surface area contributed by atoms with E-state index >= 15 is 0 Å². The van der Waals surface area contributed by atoms with Crippen LogP contribution in [0.25, 0.3) is 11.5 Å². The normalized spacial score (nSPS) is 10.2. The molecule has 0 aliphatic carbocycles. The minimum absolute atomic E-state index is 0.180. The molecule has 0 bridgehead atoms. The number of carbonyl (C=O) groups excluding carboxylic acids is 1. The molecule has 8 heteroatoms. The van der Waals surface area contributed by atoms with Crippen molar-refractivity contribution in [1.29, 1.82) is 5.26 Å². The number of anilines is 1. The Labute approximate surface area is 160 Å². The summed E-state index contributed by atoms with van der Waals surface area (Å²) < 4.78 is 10.7. The Morgan fingerprint density at radius 2 is 2.00 bits per heavy atom. The highest BCUT2D eigenvalue weighted by Gasteiger charge is 2.11. The second kappa shape index (κ2) is 8.87. The van der Waals surface area contributed by atoms with Crippen molar-refractivity contribution in [3.8, 4) is 23.3 Å². The highest BCUT2D eigenvalue weighted by atomic mass is 32.2. The molecule has 0 unspecified atom stereocenters. The molecule has 0 spiro atoms. The van der Waals surface area contributed by atoms with Crippen molar-refractivity contribution >= 4 is 23.4 Å². The van der Waals surface area contributed by atoms with Crippen LogP contribution in [-0.4, -0.2) is 29.0 Å². The van der Waals surface area contributed by atoms with Gasteiger partial charge in [0.2, 0.25) is 11.8 Å². The molecule has 1 heterocycles. The number of hydrogen-bond donors (Lipinski definition) is 1. The van der Waals surface area contributed by atoms with Gasteiger partial charge in [-0.1, -0.05) is 23.9 Å². The van der Waals surface area contributed by atoms with E-state index in [2.05, 4.69) is 15.5 Å². The maximum absolute atomic E-state index is 12.0. The summed E-state index contributed by atoms with van der Waals surface area (Å²) in [6.45, 7) is 0. The van der Waals surface area contributed by atoms with Crippen LogP contribution < -0.4 is 10.1 Å². The minimum Gasteiger partial charge on any atom is -0.497 e. The van der Waals surface area contributed by atoms with Gasteiger partial charge in [0.15, 0.2) is 0 Å². The third-order valence-corrected chi connectivity index (χ3v) is 4.44. The van der Waals surface area contributed by atoms with E-state index in [4.69, 9.17) is 14.4 Å². The molecule has 0 fully saturated rings. The zero-order valence-electron chi connectivity index (χ0n) is 14.5. The molecule has 0 aliphatic rings. The number of thioether (sulfide) groups is 1. The van der Waals surface area contributed by atoms with Gasteiger partial charge in [-0.15, -0.1) is 10.2 Å². The molecule has 1 aromatic heterocycles. The summed E-state index contributed by atoms with van der Waals surface area (Å²) in [4.78, 5) is 12.0. The Hall–Kier alpha value is -3.31. The average molecular weight is 380 g/mol. The summed E-state index contributed by atoms with van der Waals surface area (Å²) in [5.74, 6) is 1.45. The number of nitrogens with one attached hydrogen (secondary N) is 1. The van der Waals surface area contributed by atoms with Crippen molar-refractivity contribution in [1.82, 2.24) is 10.2 Å².